The van der Waals surface area contributed by atoms with Crippen LogP contribution in [-0.4, -0.2) is 35.0 Å². The molecule has 0 heterocycles. The molecule has 2 aromatic carbocycles. The fraction of sp³-hybridized carbons (Fsp3) is 0.529. The zero-order valence-electron chi connectivity index (χ0n) is 25.5. The lowest BCUT2D eigenvalue weighted by molar-refractivity contribution is -0.384. The van der Waals surface area contributed by atoms with E-state index in [9.17, 15) is 24.5 Å². The van der Waals surface area contributed by atoms with Crippen LogP contribution in [0.5, 0.6) is 0 Å². The lowest BCUT2D eigenvalue weighted by Crippen LogP contribution is -2.24. The molecule has 1 fully saturated rings. The number of ether oxygens (including phenoxy) is 1. The molecule has 0 spiro atoms. The SMILES string of the molecule is CCCC(=O)O/N=C(\CCC(=O)OCCCC1CCCC1)C(=O)c1ccc2c(c1)C(CC)(CC)c1cc([N+](=O)[O-])ccc1-2. The number of ketones is 1. The van der Waals surface area contributed by atoms with Crippen LogP contribution >= 0.6 is 0 Å². The van der Waals surface area contributed by atoms with Crippen LogP contribution in [-0.2, 0) is 24.6 Å². The minimum absolute atomic E-state index is 0.0304. The van der Waals surface area contributed by atoms with Gasteiger partial charge in [0.25, 0.3) is 5.69 Å². The van der Waals surface area contributed by atoms with E-state index in [4.69, 9.17) is 9.57 Å². The average Bonchev–Trinajstić information content (AvgIpc) is 3.63. The van der Waals surface area contributed by atoms with Crippen LogP contribution in [0.1, 0.15) is 119 Å². The number of fused-ring (bicyclic) bond motifs is 3. The van der Waals surface area contributed by atoms with Gasteiger partial charge in [0.05, 0.1) is 18.0 Å². The van der Waals surface area contributed by atoms with Gasteiger partial charge in [-0.3, -0.25) is 19.7 Å². The smallest absolute Gasteiger partial charge is 0.335 e. The highest BCUT2D eigenvalue weighted by Gasteiger charge is 2.42. The van der Waals surface area contributed by atoms with Crippen LogP contribution in [0.4, 0.5) is 5.69 Å². The Kier molecular flexibility index (Phi) is 10.8. The van der Waals surface area contributed by atoms with Gasteiger partial charge in [-0.2, -0.15) is 0 Å². The van der Waals surface area contributed by atoms with Gasteiger partial charge >= 0.3 is 11.9 Å². The molecule has 230 valence electrons. The number of carbonyl (C=O) groups is 3. The van der Waals surface area contributed by atoms with E-state index in [0.717, 1.165) is 41.0 Å². The number of nitrogens with zero attached hydrogens (tertiary/aromatic N) is 2. The summed E-state index contributed by atoms with van der Waals surface area (Å²) in [6, 6.07) is 10.3. The van der Waals surface area contributed by atoms with Crippen LogP contribution in [0.3, 0.4) is 0 Å². The van der Waals surface area contributed by atoms with Gasteiger partial charge in [0.1, 0.15) is 5.71 Å². The van der Waals surface area contributed by atoms with Gasteiger partial charge in [0.15, 0.2) is 0 Å². The van der Waals surface area contributed by atoms with Crippen molar-refractivity contribution in [2.75, 3.05) is 6.61 Å². The Morgan fingerprint density at radius 2 is 1.60 bits per heavy atom. The Labute approximate surface area is 253 Å². The lowest BCUT2D eigenvalue weighted by Gasteiger charge is -2.29. The second kappa shape index (κ2) is 14.5. The summed E-state index contributed by atoms with van der Waals surface area (Å²) < 4.78 is 5.42. The molecule has 9 heteroatoms. The van der Waals surface area contributed by atoms with E-state index >= 15 is 0 Å². The summed E-state index contributed by atoms with van der Waals surface area (Å²) in [4.78, 5) is 54.6. The Morgan fingerprint density at radius 1 is 0.930 bits per heavy atom. The molecule has 0 aromatic heterocycles. The fourth-order valence-corrected chi connectivity index (χ4v) is 6.62. The molecule has 0 unspecified atom stereocenters. The van der Waals surface area contributed by atoms with E-state index < -0.39 is 28.1 Å². The van der Waals surface area contributed by atoms with Gasteiger partial charge in [0.2, 0.25) is 5.78 Å². The summed E-state index contributed by atoms with van der Waals surface area (Å²) in [7, 11) is 0. The number of oxime groups is 1. The monoisotopic (exact) mass is 590 g/mol. The fourth-order valence-electron chi connectivity index (χ4n) is 6.62. The van der Waals surface area contributed by atoms with Gasteiger partial charge in [-0.05, 0) is 72.4 Å². The first-order valence-corrected chi connectivity index (χ1v) is 15.6. The first-order chi connectivity index (χ1) is 20.7. The Morgan fingerprint density at radius 3 is 2.26 bits per heavy atom. The van der Waals surface area contributed by atoms with E-state index in [1.165, 1.54) is 31.7 Å². The van der Waals surface area contributed by atoms with E-state index in [1.807, 2.05) is 32.9 Å². The number of nitro groups is 1. The standard InChI is InChI=1S/C34H42N2O7/c1-4-10-32(38)43-35-30(18-19-31(37)42-20-9-13-23-11-7-8-12-23)33(39)24-14-16-26-27-17-15-25(36(40)41)22-29(27)34(5-2,6-3)28(26)21-24/h14-17,21-23H,4-13,18-20H2,1-3H3/b35-30+. The maximum atomic E-state index is 13.8. The Bertz CT molecular complexity index is 1390. The quantitative estimate of drug-likeness (QED) is 0.0393. The molecule has 2 aliphatic rings. The normalized spacial score (nSPS) is 15.6. The molecule has 0 saturated heterocycles. The molecule has 0 bridgehead atoms. The second-order valence-corrected chi connectivity index (χ2v) is 11.6. The molecule has 9 nitrogen and oxygen atoms in total. The number of Topliss-reactive ketones (excluding diaryl/α,β-unsaturated/α-hetero) is 1. The summed E-state index contributed by atoms with van der Waals surface area (Å²) in [5.74, 6) is -0.690. The predicted octanol–water partition coefficient (Wildman–Crippen LogP) is 7.86. The van der Waals surface area contributed by atoms with Crippen molar-refractivity contribution >= 4 is 29.1 Å². The van der Waals surface area contributed by atoms with Crippen molar-refractivity contribution in [3.63, 3.8) is 0 Å². The van der Waals surface area contributed by atoms with Gasteiger partial charge in [0, 0.05) is 36.0 Å². The molecule has 0 atom stereocenters. The van der Waals surface area contributed by atoms with Crippen molar-refractivity contribution in [1.82, 2.24) is 0 Å². The van der Waals surface area contributed by atoms with Crippen molar-refractivity contribution in [2.24, 2.45) is 11.1 Å². The zero-order chi connectivity index (χ0) is 31.0. The first kappa shape index (κ1) is 32.0. The number of rotatable bonds is 15. The number of nitro benzene ring substituents is 1. The minimum atomic E-state index is -0.552. The van der Waals surface area contributed by atoms with Gasteiger partial charge < -0.3 is 9.57 Å². The first-order valence-electron chi connectivity index (χ1n) is 15.6. The number of hydrogen-bond donors (Lipinski definition) is 0. The average molecular weight is 591 g/mol. The third-order valence-electron chi connectivity index (χ3n) is 9.06. The highest BCUT2D eigenvalue weighted by atomic mass is 16.7. The number of esters is 1. The molecule has 1 saturated carbocycles. The van der Waals surface area contributed by atoms with Crippen LogP contribution in [0.15, 0.2) is 41.6 Å². The van der Waals surface area contributed by atoms with Crippen molar-refractivity contribution in [3.8, 4) is 11.1 Å². The van der Waals surface area contributed by atoms with Crippen LogP contribution in [0.2, 0.25) is 0 Å². The van der Waals surface area contributed by atoms with E-state index in [1.54, 1.807) is 18.2 Å². The summed E-state index contributed by atoms with van der Waals surface area (Å²) in [6.07, 6.45) is 8.94. The molecule has 43 heavy (non-hydrogen) atoms. The number of non-ortho nitro benzene ring substituents is 1. The van der Waals surface area contributed by atoms with E-state index in [-0.39, 0.29) is 30.7 Å². The minimum Gasteiger partial charge on any atom is -0.466 e. The van der Waals surface area contributed by atoms with Crippen molar-refractivity contribution in [2.45, 2.75) is 103 Å². The molecular formula is C34H42N2O7. The highest BCUT2D eigenvalue weighted by Crippen LogP contribution is 2.53. The van der Waals surface area contributed by atoms with Crippen LogP contribution in [0, 0.1) is 16.0 Å². The van der Waals surface area contributed by atoms with Gasteiger partial charge in [-0.15, -0.1) is 0 Å². The summed E-state index contributed by atoms with van der Waals surface area (Å²) in [6.45, 7) is 6.26. The largest absolute Gasteiger partial charge is 0.466 e. The van der Waals surface area contributed by atoms with Crippen molar-refractivity contribution in [1.29, 1.82) is 0 Å². The number of hydrogen-bond acceptors (Lipinski definition) is 8. The zero-order valence-corrected chi connectivity index (χ0v) is 25.5. The van der Waals surface area contributed by atoms with Crippen LogP contribution < -0.4 is 0 Å². The van der Waals surface area contributed by atoms with Crippen molar-refractivity contribution < 1.29 is 28.9 Å². The Balaban J connectivity index is 1.53. The maximum absolute atomic E-state index is 13.8. The van der Waals surface area contributed by atoms with Gasteiger partial charge in [-0.1, -0.05) is 63.7 Å². The summed E-state index contributed by atoms with van der Waals surface area (Å²) >= 11 is 0. The van der Waals surface area contributed by atoms with E-state index in [0.29, 0.717) is 31.4 Å². The predicted molar refractivity (Wildman–Crippen MR) is 164 cm³/mol. The third-order valence-corrected chi connectivity index (χ3v) is 9.06. The molecule has 0 aliphatic heterocycles. The van der Waals surface area contributed by atoms with Gasteiger partial charge in [-0.25, -0.2) is 4.79 Å². The molecule has 2 aliphatic carbocycles. The molecule has 0 radical (unpaired) electrons. The molecule has 0 N–H and O–H groups in total. The third kappa shape index (κ3) is 7.20. The molecule has 0 amide bonds. The van der Waals surface area contributed by atoms with Crippen LogP contribution in [0.25, 0.3) is 11.1 Å². The summed E-state index contributed by atoms with van der Waals surface area (Å²) in [5.41, 5.74) is 3.50. The topological polar surface area (TPSA) is 125 Å². The second-order valence-electron chi connectivity index (χ2n) is 11.6. The lowest BCUT2D eigenvalue weighted by atomic mass is 9.73. The maximum Gasteiger partial charge on any atom is 0.335 e. The highest BCUT2D eigenvalue weighted by molar-refractivity contribution is 6.46. The van der Waals surface area contributed by atoms with Crippen molar-refractivity contribution in [3.05, 3.63) is 63.2 Å². The molecule has 4 rings (SSSR count). The number of benzene rings is 2. The number of carbonyl (C=O) groups excluding carboxylic acids is 3. The molecule has 2 aromatic rings. The Hall–Kier alpha value is -3.88. The van der Waals surface area contributed by atoms with E-state index in [2.05, 4.69) is 5.16 Å². The summed E-state index contributed by atoms with van der Waals surface area (Å²) in [5, 5.41) is 15.5. The molecular weight excluding hydrogens is 548 g/mol.